The first-order valence-electron chi connectivity index (χ1n) is 8.40. The highest BCUT2D eigenvalue weighted by Crippen LogP contribution is 2.49. The molecule has 140 valence electrons. The van der Waals surface area contributed by atoms with E-state index in [0.29, 0.717) is 37.4 Å². The summed E-state index contributed by atoms with van der Waals surface area (Å²) in [6.07, 6.45) is 1.16. The Bertz CT molecular complexity index is 965. The lowest BCUT2D eigenvalue weighted by molar-refractivity contribution is -0.163. The summed E-state index contributed by atoms with van der Waals surface area (Å²) in [6, 6.07) is 9.08. The minimum Gasteiger partial charge on any atom is -0.457 e. The molecule has 0 aromatic heterocycles. The van der Waals surface area contributed by atoms with Gasteiger partial charge in [0.05, 0.1) is 30.6 Å². The van der Waals surface area contributed by atoms with E-state index in [2.05, 4.69) is 0 Å². The van der Waals surface area contributed by atoms with Gasteiger partial charge in [0.25, 0.3) is 0 Å². The van der Waals surface area contributed by atoms with Crippen LogP contribution in [0.4, 0.5) is 4.39 Å². The third kappa shape index (κ3) is 3.35. The Kier molecular flexibility index (Phi) is 4.70. The number of rotatable bonds is 4. The molecule has 1 N–H and O–H groups in total. The summed E-state index contributed by atoms with van der Waals surface area (Å²) < 4.78 is 52.0. The largest absolute Gasteiger partial charge is 0.457 e. The van der Waals surface area contributed by atoms with Gasteiger partial charge in [-0.1, -0.05) is 6.07 Å². The number of halogens is 1. The maximum Gasteiger partial charge on any atom is 0.196 e. The highest BCUT2D eigenvalue weighted by molar-refractivity contribution is 7.78. The Balaban J connectivity index is 1.78. The molecule has 1 saturated heterocycles. The molecule has 1 aliphatic heterocycles. The second kappa shape index (κ2) is 7.02. The van der Waals surface area contributed by atoms with Crippen LogP contribution < -0.4 is 4.74 Å². The van der Waals surface area contributed by atoms with Crippen LogP contribution in [0.2, 0.25) is 0 Å². The maximum absolute atomic E-state index is 13.7. The van der Waals surface area contributed by atoms with Crippen LogP contribution in [0.25, 0.3) is 0 Å². The molecule has 1 heterocycles. The number of fused-ring (bicyclic) bond motifs is 2. The Hall–Kier alpha value is -2.31. The van der Waals surface area contributed by atoms with Gasteiger partial charge < -0.3 is 18.8 Å². The van der Waals surface area contributed by atoms with E-state index in [0.717, 1.165) is 17.2 Å². The quantitative estimate of drug-likeness (QED) is 0.807. The van der Waals surface area contributed by atoms with E-state index < -0.39 is 22.7 Å². The zero-order valence-corrected chi connectivity index (χ0v) is 15.1. The van der Waals surface area contributed by atoms with E-state index in [1.165, 1.54) is 12.1 Å². The van der Waals surface area contributed by atoms with E-state index in [1.807, 2.05) is 6.07 Å². The molecule has 0 amide bonds. The number of hydrogen-bond donors (Lipinski definition) is 1. The first kappa shape index (κ1) is 18.1. The Labute approximate surface area is 157 Å². The summed E-state index contributed by atoms with van der Waals surface area (Å²) in [5, 5.41) is 9.01. The van der Waals surface area contributed by atoms with E-state index in [9.17, 15) is 13.2 Å². The molecule has 8 heteroatoms. The van der Waals surface area contributed by atoms with Gasteiger partial charge >= 0.3 is 0 Å². The topological polar surface area (TPSA) is 88.8 Å². The summed E-state index contributed by atoms with van der Waals surface area (Å²) in [6.45, 7) is 0.892. The molecule has 4 rings (SSSR count). The summed E-state index contributed by atoms with van der Waals surface area (Å²) in [5.74, 6) is -0.838. The van der Waals surface area contributed by atoms with E-state index in [1.54, 1.807) is 12.1 Å². The van der Waals surface area contributed by atoms with Crippen molar-refractivity contribution in [2.24, 2.45) is 0 Å². The molecule has 6 nitrogen and oxygen atoms in total. The molecule has 2 aliphatic rings. The van der Waals surface area contributed by atoms with Crippen molar-refractivity contribution in [2.75, 3.05) is 13.2 Å². The number of nitriles is 1. The summed E-state index contributed by atoms with van der Waals surface area (Å²) in [4.78, 5) is 0. The monoisotopic (exact) mass is 389 g/mol. The zero-order valence-electron chi connectivity index (χ0n) is 14.2. The van der Waals surface area contributed by atoms with Crippen molar-refractivity contribution in [3.63, 3.8) is 0 Å². The molecule has 1 unspecified atom stereocenters. The second-order valence-electron chi connectivity index (χ2n) is 6.38. The molecule has 1 spiro atoms. The Morgan fingerprint density at radius 3 is 2.78 bits per heavy atom. The van der Waals surface area contributed by atoms with Crippen molar-refractivity contribution >= 4 is 11.1 Å². The lowest BCUT2D eigenvalue weighted by Gasteiger charge is -2.25. The predicted molar refractivity (Wildman–Crippen MR) is 94.0 cm³/mol. The van der Waals surface area contributed by atoms with Crippen LogP contribution in [0.15, 0.2) is 30.3 Å². The first-order chi connectivity index (χ1) is 13.0. The summed E-state index contributed by atoms with van der Waals surface area (Å²) in [5.41, 5.74) is 2.35. The van der Waals surface area contributed by atoms with Crippen LogP contribution in [0.5, 0.6) is 11.5 Å². The maximum atomic E-state index is 13.7. The van der Waals surface area contributed by atoms with Gasteiger partial charge in [0.15, 0.2) is 16.9 Å². The summed E-state index contributed by atoms with van der Waals surface area (Å²) in [7, 11) is 0. The van der Waals surface area contributed by atoms with Crippen LogP contribution in [0.1, 0.15) is 28.7 Å². The number of benzene rings is 2. The minimum absolute atomic E-state index is 0.0460. The van der Waals surface area contributed by atoms with Gasteiger partial charge in [-0.05, 0) is 30.2 Å². The Morgan fingerprint density at radius 2 is 2.07 bits per heavy atom. The molecule has 1 fully saturated rings. The van der Waals surface area contributed by atoms with E-state index in [4.69, 9.17) is 19.5 Å². The Morgan fingerprint density at radius 1 is 1.30 bits per heavy atom. The molecule has 1 aliphatic carbocycles. The zero-order chi connectivity index (χ0) is 19.0. The van der Waals surface area contributed by atoms with Crippen LogP contribution >= 0.6 is 0 Å². The molecule has 1 atom stereocenters. The highest BCUT2D eigenvalue weighted by atomic mass is 32.2. The smallest absolute Gasteiger partial charge is 0.196 e. The predicted octanol–water partition coefficient (Wildman–Crippen LogP) is 3.36. The lowest BCUT2D eigenvalue weighted by atomic mass is 10.00. The normalized spacial score (nSPS) is 18.3. The number of hydrogen-bond acceptors (Lipinski definition) is 5. The van der Waals surface area contributed by atoms with Gasteiger partial charge in [0, 0.05) is 23.6 Å². The molecular formula is C19H16FNO5S. The van der Waals surface area contributed by atoms with E-state index in [-0.39, 0.29) is 17.1 Å². The van der Waals surface area contributed by atoms with E-state index >= 15 is 0 Å². The SMILES string of the molecule is N#Cc1cc(F)cc(Oc2ccc(CS(=O)O)c3c2CCC32OCCO2)c1. The van der Waals surface area contributed by atoms with Crippen LogP contribution in [-0.4, -0.2) is 22.0 Å². The molecule has 0 saturated carbocycles. The summed E-state index contributed by atoms with van der Waals surface area (Å²) >= 11 is -2.02. The number of ether oxygens (including phenoxy) is 3. The van der Waals surface area contributed by atoms with Crippen molar-refractivity contribution in [3.05, 3.63) is 58.4 Å². The van der Waals surface area contributed by atoms with Crippen molar-refractivity contribution in [1.29, 1.82) is 5.26 Å². The van der Waals surface area contributed by atoms with Gasteiger partial charge in [-0.2, -0.15) is 5.26 Å². The number of nitrogens with zero attached hydrogens (tertiary/aromatic N) is 1. The van der Waals surface area contributed by atoms with Gasteiger partial charge in [-0.3, -0.25) is 0 Å². The highest BCUT2D eigenvalue weighted by Gasteiger charge is 2.47. The van der Waals surface area contributed by atoms with Gasteiger partial charge in [0.2, 0.25) is 0 Å². The molecule has 27 heavy (non-hydrogen) atoms. The second-order valence-corrected chi connectivity index (χ2v) is 7.31. The van der Waals surface area contributed by atoms with Gasteiger partial charge in [0.1, 0.15) is 17.3 Å². The fraction of sp³-hybridized carbons (Fsp3) is 0.316. The fourth-order valence-electron chi connectivity index (χ4n) is 3.72. The minimum atomic E-state index is -2.02. The average molecular weight is 389 g/mol. The first-order valence-corrected chi connectivity index (χ1v) is 9.67. The fourth-order valence-corrected chi connectivity index (χ4v) is 4.23. The van der Waals surface area contributed by atoms with Crippen LogP contribution in [-0.2, 0) is 38.5 Å². The molecular weight excluding hydrogens is 373 g/mol. The molecule has 0 radical (unpaired) electrons. The van der Waals surface area contributed by atoms with Crippen molar-refractivity contribution in [2.45, 2.75) is 24.4 Å². The molecule has 2 aromatic rings. The average Bonchev–Trinajstić information content (AvgIpc) is 3.25. The van der Waals surface area contributed by atoms with Gasteiger partial charge in [-0.25, -0.2) is 8.60 Å². The third-order valence-corrected chi connectivity index (χ3v) is 5.26. The lowest BCUT2D eigenvalue weighted by Crippen LogP contribution is -2.25. The van der Waals surface area contributed by atoms with Gasteiger partial charge in [-0.15, -0.1) is 0 Å². The van der Waals surface area contributed by atoms with Crippen molar-refractivity contribution in [3.8, 4) is 17.6 Å². The van der Waals surface area contributed by atoms with Crippen LogP contribution in [0.3, 0.4) is 0 Å². The molecule has 2 aromatic carbocycles. The molecule has 0 bridgehead atoms. The van der Waals surface area contributed by atoms with Crippen LogP contribution in [0, 0.1) is 17.1 Å². The van der Waals surface area contributed by atoms with Crippen molar-refractivity contribution in [1.82, 2.24) is 0 Å². The standard InChI is InChI=1S/C19H16FNO5S/c20-14-7-12(10-21)8-15(9-14)26-17-2-1-13(11-27(22)23)18-16(17)3-4-19(18)24-5-6-25-19/h1-2,7-9H,3-6,11H2,(H,22,23). The third-order valence-electron chi connectivity index (χ3n) is 4.70. The van der Waals surface area contributed by atoms with Crippen molar-refractivity contribution < 1.29 is 27.4 Å².